The van der Waals surface area contributed by atoms with Crippen molar-refractivity contribution in [3.63, 3.8) is 0 Å². The molecule has 1 aliphatic rings. The van der Waals surface area contributed by atoms with Crippen molar-refractivity contribution < 1.29 is 4.74 Å². The Balaban J connectivity index is 0.00000200. The Labute approximate surface area is 142 Å². The van der Waals surface area contributed by atoms with Gasteiger partial charge in [-0.05, 0) is 37.0 Å². The second-order valence-corrected chi connectivity index (χ2v) is 5.27. The molecule has 20 heavy (non-hydrogen) atoms. The van der Waals surface area contributed by atoms with Crippen LogP contribution in [0, 0.1) is 5.92 Å². The Morgan fingerprint density at radius 1 is 1.50 bits per heavy atom. The molecule has 0 atom stereocenters. The summed E-state index contributed by atoms with van der Waals surface area (Å²) in [6.07, 6.45) is 3.92. The number of methoxy groups -OCH3 is 1. The number of nitrogens with two attached hydrogens (primary N) is 1. The molecule has 1 aliphatic carbocycles. The molecule has 1 saturated carbocycles. The van der Waals surface area contributed by atoms with E-state index in [0.29, 0.717) is 17.5 Å². The zero-order valence-corrected chi connectivity index (χ0v) is 14.7. The lowest BCUT2D eigenvalue weighted by Gasteiger charge is -2.25. The predicted octanol–water partition coefficient (Wildman–Crippen LogP) is 3.17. The van der Waals surface area contributed by atoms with E-state index in [1.807, 2.05) is 12.1 Å². The van der Waals surface area contributed by atoms with Gasteiger partial charge < -0.3 is 15.8 Å². The highest BCUT2D eigenvalue weighted by Gasteiger charge is 2.16. The van der Waals surface area contributed by atoms with Crippen molar-refractivity contribution in [3.8, 4) is 5.75 Å². The fraction of sp³-hybridized carbons (Fsp3) is 0.500. The molecule has 0 aliphatic heterocycles. The van der Waals surface area contributed by atoms with Gasteiger partial charge in [0.15, 0.2) is 5.96 Å². The molecule has 0 saturated heterocycles. The molecule has 1 aromatic rings. The number of nitrogens with one attached hydrogen (secondary N) is 1. The van der Waals surface area contributed by atoms with E-state index >= 15 is 0 Å². The highest BCUT2D eigenvalue weighted by atomic mass is 127. The maximum atomic E-state index is 5.97. The average molecular weight is 410 g/mol. The van der Waals surface area contributed by atoms with Gasteiger partial charge in [-0.2, -0.15) is 0 Å². The number of ether oxygens (including phenoxy) is 1. The first-order valence-electron chi connectivity index (χ1n) is 6.55. The van der Waals surface area contributed by atoms with Crippen molar-refractivity contribution in [2.24, 2.45) is 16.6 Å². The summed E-state index contributed by atoms with van der Waals surface area (Å²) in [4.78, 5) is 4.32. The van der Waals surface area contributed by atoms with Gasteiger partial charge in [0.05, 0.1) is 13.7 Å². The summed E-state index contributed by atoms with van der Waals surface area (Å²) >= 11 is 5.97. The molecule has 2 rings (SSSR count). The maximum Gasteiger partial charge on any atom is 0.188 e. The molecular weight excluding hydrogens is 389 g/mol. The van der Waals surface area contributed by atoms with E-state index in [2.05, 4.69) is 10.3 Å². The molecule has 0 unspecified atom stereocenters. The summed E-state index contributed by atoms with van der Waals surface area (Å²) in [5.41, 5.74) is 6.78. The standard InChI is InChI=1S/C14H20ClN3O.HI/c1-19-13-6-5-12(15)7-11(13)9-18-14(16)17-8-10-3-2-4-10;/h5-7,10H,2-4,8-9H2,1H3,(H3,16,17,18);1H. The minimum absolute atomic E-state index is 0. The van der Waals surface area contributed by atoms with Crippen molar-refractivity contribution in [2.75, 3.05) is 13.7 Å². The third-order valence-electron chi connectivity index (χ3n) is 3.46. The zero-order valence-electron chi connectivity index (χ0n) is 11.6. The zero-order chi connectivity index (χ0) is 13.7. The van der Waals surface area contributed by atoms with E-state index in [0.717, 1.165) is 23.8 Å². The number of hydrogen-bond donors (Lipinski definition) is 2. The molecule has 0 spiro atoms. The second-order valence-electron chi connectivity index (χ2n) is 4.84. The quantitative estimate of drug-likeness (QED) is 0.446. The smallest absolute Gasteiger partial charge is 0.188 e. The van der Waals surface area contributed by atoms with Crippen LogP contribution < -0.4 is 15.8 Å². The Morgan fingerprint density at radius 2 is 2.25 bits per heavy atom. The number of benzene rings is 1. The van der Waals surface area contributed by atoms with Gasteiger partial charge >= 0.3 is 0 Å². The van der Waals surface area contributed by atoms with Crippen molar-refractivity contribution in [1.82, 2.24) is 5.32 Å². The number of hydrogen-bond acceptors (Lipinski definition) is 2. The lowest BCUT2D eigenvalue weighted by atomic mass is 9.85. The number of aliphatic imine (C=N–C) groups is 1. The summed E-state index contributed by atoms with van der Waals surface area (Å²) in [6, 6.07) is 5.49. The van der Waals surface area contributed by atoms with Crippen LogP contribution in [-0.2, 0) is 6.54 Å². The van der Waals surface area contributed by atoms with E-state index in [1.165, 1.54) is 19.3 Å². The van der Waals surface area contributed by atoms with Crippen molar-refractivity contribution >= 4 is 41.5 Å². The van der Waals surface area contributed by atoms with Crippen molar-refractivity contribution in [1.29, 1.82) is 0 Å². The number of guanidine groups is 1. The van der Waals surface area contributed by atoms with Crippen LogP contribution in [0.25, 0.3) is 0 Å². The van der Waals surface area contributed by atoms with Crippen LogP contribution in [0.5, 0.6) is 5.75 Å². The molecule has 3 N–H and O–H groups in total. The van der Waals surface area contributed by atoms with Crippen LogP contribution >= 0.6 is 35.6 Å². The molecule has 6 heteroatoms. The van der Waals surface area contributed by atoms with Gasteiger partial charge in [-0.3, -0.25) is 0 Å². The van der Waals surface area contributed by atoms with E-state index in [-0.39, 0.29) is 24.0 Å². The van der Waals surface area contributed by atoms with Gasteiger partial charge in [-0.25, -0.2) is 4.99 Å². The van der Waals surface area contributed by atoms with Gasteiger partial charge in [0, 0.05) is 17.1 Å². The summed E-state index contributed by atoms with van der Waals surface area (Å²) in [6.45, 7) is 1.38. The molecule has 112 valence electrons. The Hall–Kier alpha value is -0.690. The Kier molecular flexibility index (Phi) is 7.43. The van der Waals surface area contributed by atoms with E-state index in [4.69, 9.17) is 22.1 Å². The Bertz CT molecular complexity index is 464. The SMILES string of the molecule is COc1ccc(Cl)cc1CN=C(N)NCC1CCC1.I. The van der Waals surface area contributed by atoms with Crippen molar-refractivity contribution in [3.05, 3.63) is 28.8 Å². The average Bonchev–Trinajstić information content (AvgIpc) is 2.34. The fourth-order valence-electron chi connectivity index (χ4n) is 2.04. The molecule has 1 fully saturated rings. The topological polar surface area (TPSA) is 59.6 Å². The largest absolute Gasteiger partial charge is 0.496 e. The summed E-state index contributed by atoms with van der Waals surface area (Å²) in [7, 11) is 1.63. The normalized spacial score (nSPS) is 15.2. The molecular formula is C14H21ClIN3O. The van der Waals surface area contributed by atoms with Crippen LogP contribution in [0.2, 0.25) is 5.02 Å². The van der Waals surface area contributed by atoms with Crippen molar-refractivity contribution in [2.45, 2.75) is 25.8 Å². The minimum atomic E-state index is 0. The summed E-state index contributed by atoms with van der Waals surface area (Å²) in [5, 5.41) is 3.83. The van der Waals surface area contributed by atoms with Gasteiger partial charge in [0.25, 0.3) is 0 Å². The van der Waals surface area contributed by atoms with Crippen LogP contribution in [-0.4, -0.2) is 19.6 Å². The first-order valence-corrected chi connectivity index (χ1v) is 6.93. The van der Waals surface area contributed by atoms with Crippen LogP contribution in [0.3, 0.4) is 0 Å². The Morgan fingerprint density at radius 3 is 2.85 bits per heavy atom. The van der Waals surface area contributed by atoms with Crippen LogP contribution in [0.15, 0.2) is 23.2 Å². The molecule has 0 amide bonds. The van der Waals surface area contributed by atoms with E-state index in [1.54, 1.807) is 13.2 Å². The van der Waals surface area contributed by atoms with Gasteiger partial charge in [-0.1, -0.05) is 18.0 Å². The molecule has 4 nitrogen and oxygen atoms in total. The minimum Gasteiger partial charge on any atom is -0.496 e. The van der Waals surface area contributed by atoms with E-state index < -0.39 is 0 Å². The molecule has 0 bridgehead atoms. The highest BCUT2D eigenvalue weighted by molar-refractivity contribution is 14.0. The van der Waals surface area contributed by atoms with Crippen LogP contribution in [0.4, 0.5) is 0 Å². The van der Waals surface area contributed by atoms with E-state index in [9.17, 15) is 0 Å². The number of halogens is 2. The van der Waals surface area contributed by atoms with Crippen LogP contribution in [0.1, 0.15) is 24.8 Å². The molecule has 1 aromatic carbocycles. The molecule has 0 aromatic heterocycles. The summed E-state index contributed by atoms with van der Waals surface area (Å²) in [5.74, 6) is 2.02. The lowest BCUT2D eigenvalue weighted by Crippen LogP contribution is -2.37. The number of nitrogens with zero attached hydrogens (tertiary/aromatic N) is 1. The highest BCUT2D eigenvalue weighted by Crippen LogP contribution is 2.25. The monoisotopic (exact) mass is 409 g/mol. The predicted molar refractivity (Wildman–Crippen MR) is 94.1 cm³/mol. The van der Waals surface area contributed by atoms with Gasteiger partial charge in [0.2, 0.25) is 0 Å². The third kappa shape index (κ3) is 5.01. The fourth-order valence-corrected chi connectivity index (χ4v) is 2.24. The number of rotatable bonds is 5. The summed E-state index contributed by atoms with van der Waals surface area (Å²) < 4.78 is 5.27. The first kappa shape index (κ1) is 17.4. The van der Waals surface area contributed by atoms with Gasteiger partial charge in [-0.15, -0.1) is 24.0 Å². The van der Waals surface area contributed by atoms with Gasteiger partial charge in [0.1, 0.15) is 5.75 Å². The third-order valence-corrected chi connectivity index (χ3v) is 3.69. The molecule has 0 radical (unpaired) electrons. The molecule has 0 heterocycles. The first-order chi connectivity index (χ1) is 9.19. The second kappa shape index (κ2) is 8.56. The lowest BCUT2D eigenvalue weighted by molar-refractivity contribution is 0.315. The maximum absolute atomic E-state index is 5.97.